The summed E-state index contributed by atoms with van der Waals surface area (Å²) in [4.78, 5) is 33.9. The molecule has 1 unspecified atom stereocenters. The molecular weight excluding hydrogens is 272 g/mol. The third-order valence-electron chi connectivity index (χ3n) is 3.62. The molecule has 1 aromatic rings. The number of benzene rings is 1. The van der Waals surface area contributed by atoms with Crippen molar-refractivity contribution in [1.29, 1.82) is 0 Å². The number of aryl methyl sites for hydroxylation is 2. The molecule has 0 saturated carbocycles. The first-order valence-corrected chi connectivity index (χ1v) is 6.91. The van der Waals surface area contributed by atoms with E-state index < -0.39 is 30.2 Å². The quantitative estimate of drug-likeness (QED) is 0.738. The Balaban J connectivity index is 2.12. The highest BCUT2D eigenvalue weighted by Crippen LogP contribution is 2.22. The fraction of sp³-hybridized carbons (Fsp3) is 0.400. The van der Waals surface area contributed by atoms with Crippen molar-refractivity contribution in [1.82, 2.24) is 5.32 Å². The molecule has 2 amide bonds. The summed E-state index contributed by atoms with van der Waals surface area (Å²) in [6.45, 7) is 0. The second-order valence-electron chi connectivity index (χ2n) is 5.23. The maximum atomic E-state index is 12.1. The number of hydrogen-bond donors (Lipinski definition) is 3. The number of primary amides is 1. The van der Waals surface area contributed by atoms with Crippen LogP contribution in [0.2, 0.25) is 0 Å². The maximum Gasteiger partial charge on any atom is 0.326 e. The van der Waals surface area contributed by atoms with Gasteiger partial charge in [0.25, 0.3) is 5.91 Å². The zero-order valence-electron chi connectivity index (χ0n) is 11.6. The monoisotopic (exact) mass is 290 g/mol. The molecule has 1 aromatic carbocycles. The molecule has 4 N–H and O–H groups in total. The highest BCUT2D eigenvalue weighted by atomic mass is 16.4. The number of carboxylic acids is 1. The number of carboxylic acid groups (broad SMARTS) is 1. The molecule has 0 radical (unpaired) electrons. The van der Waals surface area contributed by atoms with Gasteiger partial charge in [0, 0.05) is 5.56 Å². The SMILES string of the molecule is NC(=O)CC(NC(=O)c1ccc2c(c1)CCCC2)C(=O)O. The van der Waals surface area contributed by atoms with Crippen molar-refractivity contribution >= 4 is 17.8 Å². The Kier molecular flexibility index (Phi) is 4.57. The molecule has 0 fully saturated rings. The molecule has 0 spiro atoms. The number of nitrogens with one attached hydrogen (secondary N) is 1. The number of amides is 2. The average molecular weight is 290 g/mol. The van der Waals surface area contributed by atoms with Crippen LogP contribution in [0.1, 0.15) is 40.7 Å². The van der Waals surface area contributed by atoms with Crippen LogP contribution in [-0.2, 0) is 22.4 Å². The number of nitrogens with two attached hydrogens (primary N) is 1. The largest absolute Gasteiger partial charge is 0.480 e. The van der Waals surface area contributed by atoms with Crippen molar-refractivity contribution in [2.75, 3.05) is 0 Å². The van der Waals surface area contributed by atoms with Gasteiger partial charge in [-0.15, -0.1) is 0 Å². The van der Waals surface area contributed by atoms with Crippen LogP contribution >= 0.6 is 0 Å². The van der Waals surface area contributed by atoms with Gasteiger partial charge in [-0.3, -0.25) is 9.59 Å². The highest BCUT2D eigenvalue weighted by Gasteiger charge is 2.23. The lowest BCUT2D eigenvalue weighted by atomic mass is 9.90. The first kappa shape index (κ1) is 15.0. The number of aliphatic carboxylic acids is 1. The second-order valence-corrected chi connectivity index (χ2v) is 5.23. The van der Waals surface area contributed by atoms with Crippen molar-refractivity contribution in [3.8, 4) is 0 Å². The van der Waals surface area contributed by atoms with E-state index in [9.17, 15) is 14.4 Å². The molecule has 0 saturated heterocycles. The molecular formula is C15H18N2O4. The van der Waals surface area contributed by atoms with Crippen LogP contribution in [0.5, 0.6) is 0 Å². The lowest BCUT2D eigenvalue weighted by molar-refractivity contribution is -0.140. The van der Waals surface area contributed by atoms with Crippen LogP contribution in [0.3, 0.4) is 0 Å². The fourth-order valence-electron chi connectivity index (χ4n) is 2.52. The molecule has 112 valence electrons. The highest BCUT2D eigenvalue weighted by molar-refractivity contribution is 5.97. The fourth-order valence-corrected chi connectivity index (χ4v) is 2.52. The maximum absolute atomic E-state index is 12.1. The second kappa shape index (κ2) is 6.39. The van der Waals surface area contributed by atoms with Crippen LogP contribution in [0.25, 0.3) is 0 Å². The molecule has 0 aliphatic heterocycles. The molecule has 0 bridgehead atoms. The summed E-state index contributed by atoms with van der Waals surface area (Å²) in [5.41, 5.74) is 7.77. The standard InChI is InChI=1S/C15H18N2O4/c16-13(18)8-12(15(20)21)17-14(19)11-6-5-9-3-1-2-4-10(9)7-11/h5-7,12H,1-4,8H2,(H2,16,18)(H,17,19)(H,20,21). The van der Waals surface area contributed by atoms with Gasteiger partial charge in [-0.2, -0.15) is 0 Å². The Bertz CT molecular complexity index is 583. The van der Waals surface area contributed by atoms with E-state index in [2.05, 4.69) is 5.32 Å². The van der Waals surface area contributed by atoms with Crippen LogP contribution in [0, 0.1) is 0 Å². The minimum absolute atomic E-state index is 0.409. The van der Waals surface area contributed by atoms with Gasteiger partial charge in [0.05, 0.1) is 6.42 Å². The first-order valence-electron chi connectivity index (χ1n) is 6.91. The zero-order valence-corrected chi connectivity index (χ0v) is 11.6. The van der Waals surface area contributed by atoms with Crippen LogP contribution < -0.4 is 11.1 Å². The number of rotatable bonds is 5. The Morgan fingerprint density at radius 1 is 1.19 bits per heavy atom. The molecule has 6 nitrogen and oxygen atoms in total. The van der Waals surface area contributed by atoms with E-state index >= 15 is 0 Å². The van der Waals surface area contributed by atoms with Gasteiger partial charge in [0.2, 0.25) is 5.91 Å². The molecule has 6 heteroatoms. The number of carbonyl (C=O) groups is 3. The average Bonchev–Trinajstić information content (AvgIpc) is 2.45. The number of hydrogen-bond acceptors (Lipinski definition) is 3. The van der Waals surface area contributed by atoms with Crippen LogP contribution in [0.4, 0.5) is 0 Å². The van der Waals surface area contributed by atoms with Crippen LogP contribution in [0.15, 0.2) is 18.2 Å². The minimum Gasteiger partial charge on any atom is -0.480 e. The summed E-state index contributed by atoms with van der Waals surface area (Å²) in [6, 6.07) is 4.09. The molecule has 21 heavy (non-hydrogen) atoms. The van der Waals surface area contributed by atoms with Gasteiger partial charge >= 0.3 is 5.97 Å². The number of carbonyl (C=O) groups excluding carboxylic acids is 2. The molecule has 1 aliphatic carbocycles. The normalized spacial score (nSPS) is 14.9. The molecule has 1 aliphatic rings. The van der Waals surface area contributed by atoms with E-state index in [0.29, 0.717) is 5.56 Å². The van der Waals surface area contributed by atoms with Crippen molar-refractivity contribution in [3.05, 3.63) is 34.9 Å². The Labute approximate surface area is 122 Å². The lowest BCUT2D eigenvalue weighted by Gasteiger charge is -2.17. The Hall–Kier alpha value is -2.37. The lowest BCUT2D eigenvalue weighted by Crippen LogP contribution is -2.43. The predicted octanol–water partition coefficient (Wildman–Crippen LogP) is 0.624. The summed E-state index contributed by atoms with van der Waals surface area (Å²) < 4.78 is 0. The van der Waals surface area contributed by atoms with E-state index in [1.54, 1.807) is 12.1 Å². The summed E-state index contributed by atoms with van der Waals surface area (Å²) in [5.74, 6) is -2.55. The van der Waals surface area contributed by atoms with Crippen molar-refractivity contribution in [2.24, 2.45) is 5.73 Å². The van der Waals surface area contributed by atoms with Gasteiger partial charge in [0.1, 0.15) is 6.04 Å². The molecule has 2 rings (SSSR count). The van der Waals surface area contributed by atoms with E-state index in [1.165, 1.54) is 5.56 Å². The molecule has 0 heterocycles. The predicted molar refractivity (Wildman–Crippen MR) is 75.8 cm³/mol. The van der Waals surface area contributed by atoms with Crippen molar-refractivity contribution in [3.63, 3.8) is 0 Å². The summed E-state index contributed by atoms with van der Waals surface area (Å²) in [5, 5.41) is 11.3. The van der Waals surface area contributed by atoms with Crippen molar-refractivity contribution < 1.29 is 19.5 Å². The van der Waals surface area contributed by atoms with E-state index in [1.807, 2.05) is 6.07 Å². The van der Waals surface area contributed by atoms with Gasteiger partial charge in [-0.1, -0.05) is 6.07 Å². The van der Waals surface area contributed by atoms with Gasteiger partial charge in [-0.25, -0.2) is 4.79 Å². The van der Waals surface area contributed by atoms with E-state index in [-0.39, 0.29) is 0 Å². The van der Waals surface area contributed by atoms with Gasteiger partial charge in [0.15, 0.2) is 0 Å². The topological polar surface area (TPSA) is 109 Å². The minimum atomic E-state index is -1.30. The third kappa shape index (κ3) is 3.81. The van der Waals surface area contributed by atoms with Gasteiger partial charge < -0.3 is 16.2 Å². The Morgan fingerprint density at radius 3 is 2.48 bits per heavy atom. The molecule has 1 atom stereocenters. The van der Waals surface area contributed by atoms with Gasteiger partial charge in [-0.05, 0) is 48.9 Å². The first-order chi connectivity index (χ1) is 9.97. The Morgan fingerprint density at radius 2 is 1.86 bits per heavy atom. The third-order valence-corrected chi connectivity index (χ3v) is 3.62. The molecule has 0 aromatic heterocycles. The summed E-state index contributed by atoms with van der Waals surface area (Å²) in [7, 11) is 0. The smallest absolute Gasteiger partial charge is 0.326 e. The van der Waals surface area contributed by atoms with Crippen LogP contribution in [-0.4, -0.2) is 28.9 Å². The van der Waals surface area contributed by atoms with Crippen molar-refractivity contribution in [2.45, 2.75) is 38.1 Å². The summed E-state index contributed by atoms with van der Waals surface area (Å²) in [6.07, 6.45) is 3.76. The number of fused-ring (bicyclic) bond motifs is 1. The summed E-state index contributed by atoms with van der Waals surface area (Å²) >= 11 is 0. The zero-order chi connectivity index (χ0) is 15.4. The van der Waals surface area contributed by atoms with E-state index in [0.717, 1.165) is 31.2 Å². The van der Waals surface area contributed by atoms with E-state index in [4.69, 9.17) is 10.8 Å².